The highest BCUT2D eigenvalue weighted by Gasteiger charge is 2.34. The highest BCUT2D eigenvalue weighted by molar-refractivity contribution is 7.92. The van der Waals surface area contributed by atoms with Crippen LogP contribution in [-0.2, 0) is 22.9 Å². The standard InChI is InChI=1S/C17H18FNO2S/c1-2-17(19-11-13-5-3-4-6-14(13)12-19)22(20,21)16-9-7-15(18)8-10-16/h3-10,17H,2,11-12H2,1H3. The second kappa shape index (κ2) is 5.82. The summed E-state index contributed by atoms with van der Waals surface area (Å²) in [6.07, 6.45) is 0.494. The van der Waals surface area contributed by atoms with Gasteiger partial charge in [-0.2, -0.15) is 0 Å². The molecular formula is C17H18FNO2S. The van der Waals surface area contributed by atoms with Crippen molar-refractivity contribution in [2.75, 3.05) is 0 Å². The van der Waals surface area contributed by atoms with Crippen LogP contribution in [0.2, 0.25) is 0 Å². The fourth-order valence-corrected chi connectivity index (χ4v) is 4.83. The molecule has 0 bridgehead atoms. The highest BCUT2D eigenvalue weighted by atomic mass is 32.2. The predicted octanol–water partition coefficient (Wildman–Crippen LogP) is 3.35. The zero-order valence-corrected chi connectivity index (χ0v) is 13.2. The SMILES string of the molecule is CCC(N1Cc2ccccc2C1)S(=O)(=O)c1ccc(F)cc1. The van der Waals surface area contributed by atoms with Crippen LogP contribution in [0, 0.1) is 5.82 Å². The van der Waals surface area contributed by atoms with Crippen molar-refractivity contribution < 1.29 is 12.8 Å². The van der Waals surface area contributed by atoms with Crippen molar-refractivity contribution in [3.63, 3.8) is 0 Å². The second-order valence-corrected chi connectivity index (χ2v) is 7.64. The molecule has 0 saturated heterocycles. The molecule has 0 fully saturated rings. The minimum Gasteiger partial charge on any atom is -0.278 e. The van der Waals surface area contributed by atoms with Crippen molar-refractivity contribution in [2.24, 2.45) is 0 Å². The van der Waals surface area contributed by atoms with Gasteiger partial charge in [0.05, 0.1) is 4.90 Å². The van der Waals surface area contributed by atoms with E-state index in [2.05, 4.69) is 0 Å². The molecule has 1 aliphatic heterocycles. The third kappa shape index (κ3) is 2.66. The van der Waals surface area contributed by atoms with Gasteiger partial charge in [0.1, 0.15) is 11.2 Å². The van der Waals surface area contributed by atoms with Crippen molar-refractivity contribution in [1.29, 1.82) is 0 Å². The molecule has 0 aromatic heterocycles. The highest BCUT2D eigenvalue weighted by Crippen LogP contribution is 2.30. The van der Waals surface area contributed by atoms with Crippen LogP contribution < -0.4 is 0 Å². The first-order chi connectivity index (χ1) is 10.5. The van der Waals surface area contributed by atoms with E-state index in [-0.39, 0.29) is 4.90 Å². The van der Waals surface area contributed by atoms with Crippen LogP contribution in [0.1, 0.15) is 24.5 Å². The number of hydrogen-bond donors (Lipinski definition) is 0. The van der Waals surface area contributed by atoms with E-state index in [1.54, 1.807) is 0 Å². The second-order valence-electron chi connectivity index (χ2n) is 5.54. The molecule has 1 aliphatic rings. The number of sulfone groups is 1. The number of nitrogens with zero attached hydrogens (tertiary/aromatic N) is 1. The van der Waals surface area contributed by atoms with Crippen molar-refractivity contribution in [2.45, 2.75) is 36.7 Å². The molecule has 3 nitrogen and oxygen atoms in total. The maximum atomic E-state index is 13.0. The third-order valence-corrected chi connectivity index (χ3v) is 6.40. The summed E-state index contributed by atoms with van der Waals surface area (Å²) in [5.74, 6) is -0.430. The van der Waals surface area contributed by atoms with Crippen LogP contribution in [-0.4, -0.2) is 18.7 Å². The van der Waals surface area contributed by atoms with Gasteiger partial charge in [-0.15, -0.1) is 0 Å². The topological polar surface area (TPSA) is 37.4 Å². The molecule has 1 heterocycles. The average Bonchev–Trinajstić information content (AvgIpc) is 2.91. The first-order valence-electron chi connectivity index (χ1n) is 7.32. The lowest BCUT2D eigenvalue weighted by molar-refractivity contribution is 0.249. The third-order valence-electron chi connectivity index (χ3n) is 4.12. The maximum absolute atomic E-state index is 13.0. The van der Waals surface area contributed by atoms with Crippen LogP contribution in [0.25, 0.3) is 0 Å². The summed E-state index contributed by atoms with van der Waals surface area (Å²) in [6, 6.07) is 13.1. The zero-order chi connectivity index (χ0) is 15.7. The van der Waals surface area contributed by atoms with E-state index in [9.17, 15) is 12.8 Å². The van der Waals surface area contributed by atoms with Crippen LogP contribution in [0.15, 0.2) is 53.4 Å². The Morgan fingerprint density at radius 3 is 2.09 bits per heavy atom. The molecule has 0 spiro atoms. The smallest absolute Gasteiger partial charge is 0.194 e. The van der Waals surface area contributed by atoms with E-state index < -0.39 is 21.0 Å². The summed E-state index contributed by atoms with van der Waals surface area (Å²) < 4.78 is 38.7. The van der Waals surface area contributed by atoms with Crippen LogP contribution in [0.5, 0.6) is 0 Å². The Hall–Kier alpha value is -1.72. The van der Waals surface area contributed by atoms with Crippen molar-refractivity contribution in [3.05, 3.63) is 65.5 Å². The van der Waals surface area contributed by atoms with Crippen molar-refractivity contribution in [3.8, 4) is 0 Å². The molecule has 0 N–H and O–H groups in total. The van der Waals surface area contributed by atoms with Crippen LogP contribution in [0.4, 0.5) is 4.39 Å². The number of hydrogen-bond acceptors (Lipinski definition) is 3. The number of benzene rings is 2. The Morgan fingerprint density at radius 2 is 1.59 bits per heavy atom. The summed E-state index contributed by atoms with van der Waals surface area (Å²) >= 11 is 0. The molecule has 5 heteroatoms. The molecule has 22 heavy (non-hydrogen) atoms. The fourth-order valence-electron chi connectivity index (χ4n) is 3.02. The van der Waals surface area contributed by atoms with Gasteiger partial charge in [-0.1, -0.05) is 31.2 Å². The molecular weight excluding hydrogens is 301 g/mol. The molecule has 0 aliphatic carbocycles. The van der Waals surface area contributed by atoms with E-state index in [1.165, 1.54) is 35.4 Å². The van der Waals surface area contributed by atoms with Gasteiger partial charge in [-0.25, -0.2) is 12.8 Å². The summed E-state index contributed by atoms with van der Waals surface area (Å²) in [6.45, 7) is 3.14. The summed E-state index contributed by atoms with van der Waals surface area (Å²) in [5.41, 5.74) is 2.35. The average molecular weight is 319 g/mol. The molecule has 2 aromatic carbocycles. The van der Waals surface area contributed by atoms with Gasteiger partial charge in [0.15, 0.2) is 9.84 Å². The van der Waals surface area contributed by atoms with E-state index in [1.807, 2.05) is 36.1 Å². The van der Waals surface area contributed by atoms with Gasteiger partial charge < -0.3 is 0 Å². The van der Waals surface area contributed by atoms with Gasteiger partial charge in [-0.05, 0) is 41.8 Å². The van der Waals surface area contributed by atoms with Crippen LogP contribution in [0.3, 0.4) is 0 Å². The van der Waals surface area contributed by atoms with Gasteiger partial charge in [0.2, 0.25) is 0 Å². The molecule has 0 amide bonds. The van der Waals surface area contributed by atoms with Gasteiger partial charge >= 0.3 is 0 Å². The predicted molar refractivity (Wildman–Crippen MR) is 83.4 cm³/mol. The Bertz CT molecular complexity index is 747. The lowest BCUT2D eigenvalue weighted by Crippen LogP contribution is -2.37. The quantitative estimate of drug-likeness (QED) is 0.811. The number of halogens is 1. The van der Waals surface area contributed by atoms with Gasteiger partial charge in [-0.3, -0.25) is 4.90 Å². The molecule has 0 radical (unpaired) electrons. The summed E-state index contributed by atoms with van der Waals surface area (Å²) in [5, 5.41) is -0.592. The van der Waals surface area contributed by atoms with Crippen LogP contribution >= 0.6 is 0 Å². The fraction of sp³-hybridized carbons (Fsp3) is 0.294. The molecule has 2 aromatic rings. The van der Waals surface area contributed by atoms with Gasteiger partial charge in [0.25, 0.3) is 0 Å². The van der Waals surface area contributed by atoms with Crippen molar-refractivity contribution >= 4 is 9.84 Å². The Balaban J connectivity index is 1.90. The van der Waals surface area contributed by atoms with E-state index in [0.717, 1.165) is 0 Å². The van der Waals surface area contributed by atoms with Crippen molar-refractivity contribution in [1.82, 2.24) is 4.90 Å². The first-order valence-corrected chi connectivity index (χ1v) is 8.87. The number of rotatable bonds is 4. The monoisotopic (exact) mass is 319 g/mol. The summed E-state index contributed by atoms with van der Waals surface area (Å²) in [4.78, 5) is 2.15. The Labute approximate surface area is 130 Å². The minimum atomic E-state index is -3.51. The molecule has 3 rings (SSSR count). The molecule has 1 unspecified atom stereocenters. The Morgan fingerprint density at radius 1 is 1.05 bits per heavy atom. The lowest BCUT2D eigenvalue weighted by atomic mass is 10.1. The largest absolute Gasteiger partial charge is 0.278 e. The Kier molecular flexibility index (Phi) is 4.02. The number of fused-ring (bicyclic) bond motifs is 1. The van der Waals surface area contributed by atoms with E-state index in [4.69, 9.17) is 0 Å². The normalized spacial score (nSPS) is 16.5. The molecule has 116 valence electrons. The first kappa shape index (κ1) is 15.2. The van der Waals surface area contributed by atoms with E-state index in [0.29, 0.717) is 19.5 Å². The minimum absolute atomic E-state index is 0.178. The summed E-state index contributed by atoms with van der Waals surface area (Å²) in [7, 11) is -3.51. The lowest BCUT2D eigenvalue weighted by Gasteiger charge is -2.26. The zero-order valence-electron chi connectivity index (χ0n) is 12.4. The molecule has 0 saturated carbocycles. The van der Waals surface area contributed by atoms with E-state index >= 15 is 0 Å². The molecule has 1 atom stereocenters. The van der Waals surface area contributed by atoms with Gasteiger partial charge in [0, 0.05) is 13.1 Å². The maximum Gasteiger partial charge on any atom is 0.194 e.